The molecule has 0 spiro atoms. The summed E-state index contributed by atoms with van der Waals surface area (Å²) in [5, 5.41) is 0.674. The van der Waals surface area contributed by atoms with Gasteiger partial charge in [-0.3, -0.25) is 0 Å². The van der Waals surface area contributed by atoms with Crippen molar-refractivity contribution in [2.75, 3.05) is 13.7 Å². The van der Waals surface area contributed by atoms with Crippen LogP contribution in [0, 0.1) is 0 Å². The number of methoxy groups -OCH3 is 1. The molecule has 1 heterocycles. The van der Waals surface area contributed by atoms with Crippen LogP contribution in [-0.2, 0) is 12.8 Å². The molecular formula is C12H16ClNO2. The Morgan fingerprint density at radius 3 is 3.00 bits per heavy atom. The fourth-order valence-corrected chi connectivity index (χ4v) is 2.43. The molecule has 0 amide bonds. The van der Waals surface area contributed by atoms with Crippen LogP contribution in [-0.4, -0.2) is 19.8 Å². The summed E-state index contributed by atoms with van der Waals surface area (Å²) in [6.45, 7) is 2.65. The van der Waals surface area contributed by atoms with Gasteiger partial charge in [0.1, 0.15) is 11.5 Å². The molecule has 3 nitrogen and oxygen atoms in total. The molecule has 0 radical (unpaired) electrons. The van der Waals surface area contributed by atoms with Crippen LogP contribution < -0.4 is 15.2 Å². The second kappa shape index (κ2) is 4.52. The van der Waals surface area contributed by atoms with E-state index in [4.69, 9.17) is 26.8 Å². The highest BCUT2D eigenvalue weighted by Crippen LogP contribution is 2.41. The second-order valence-electron chi connectivity index (χ2n) is 4.14. The van der Waals surface area contributed by atoms with Crippen molar-refractivity contribution in [2.24, 2.45) is 5.73 Å². The predicted molar refractivity (Wildman–Crippen MR) is 64.6 cm³/mol. The van der Waals surface area contributed by atoms with Crippen LogP contribution in [0.2, 0.25) is 5.02 Å². The summed E-state index contributed by atoms with van der Waals surface area (Å²) in [7, 11) is 1.63. The maximum absolute atomic E-state index is 6.30. The normalized spacial score (nSPS) is 15.5. The highest BCUT2D eigenvalue weighted by molar-refractivity contribution is 6.33. The third-order valence-corrected chi connectivity index (χ3v) is 3.11. The molecular weight excluding hydrogens is 226 g/mol. The van der Waals surface area contributed by atoms with Crippen molar-refractivity contribution in [1.82, 2.24) is 0 Å². The Hall–Kier alpha value is -0.930. The van der Waals surface area contributed by atoms with E-state index in [0.717, 1.165) is 35.5 Å². The highest BCUT2D eigenvalue weighted by Gasteiger charge is 2.22. The minimum atomic E-state index is 0.0735. The summed E-state index contributed by atoms with van der Waals surface area (Å²) in [5.41, 5.74) is 7.87. The minimum Gasteiger partial charge on any atom is -0.495 e. The molecule has 1 aliphatic rings. The Morgan fingerprint density at radius 2 is 2.38 bits per heavy atom. The molecule has 0 saturated carbocycles. The lowest BCUT2D eigenvalue weighted by Crippen LogP contribution is -2.18. The first-order valence-corrected chi connectivity index (χ1v) is 5.78. The number of hydrogen-bond donors (Lipinski definition) is 1. The quantitative estimate of drug-likeness (QED) is 0.882. The van der Waals surface area contributed by atoms with Gasteiger partial charge in [0.15, 0.2) is 0 Å². The molecule has 0 bridgehead atoms. The monoisotopic (exact) mass is 241 g/mol. The predicted octanol–water partition coefficient (Wildman–Crippen LogP) is 2.17. The van der Waals surface area contributed by atoms with Gasteiger partial charge in [-0.2, -0.15) is 0 Å². The van der Waals surface area contributed by atoms with Crippen LogP contribution in [0.5, 0.6) is 11.5 Å². The second-order valence-corrected chi connectivity index (χ2v) is 4.52. The van der Waals surface area contributed by atoms with Gasteiger partial charge in [0, 0.05) is 23.6 Å². The van der Waals surface area contributed by atoms with Gasteiger partial charge in [-0.05, 0) is 19.4 Å². The van der Waals surface area contributed by atoms with E-state index < -0.39 is 0 Å². The van der Waals surface area contributed by atoms with Crippen LogP contribution in [0.3, 0.4) is 0 Å². The maximum Gasteiger partial charge on any atom is 0.141 e. The average molecular weight is 242 g/mol. The van der Waals surface area contributed by atoms with Gasteiger partial charge >= 0.3 is 0 Å². The summed E-state index contributed by atoms with van der Waals surface area (Å²) in [6, 6.07) is 2.07. The lowest BCUT2D eigenvalue weighted by atomic mass is 10.0. The highest BCUT2D eigenvalue weighted by atomic mass is 35.5. The Labute approximate surface area is 100 Å². The van der Waals surface area contributed by atoms with Gasteiger partial charge in [0.2, 0.25) is 0 Å². The topological polar surface area (TPSA) is 44.5 Å². The van der Waals surface area contributed by atoms with Crippen molar-refractivity contribution in [3.05, 3.63) is 22.2 Å². The van der Waals surface area contributed by atoms with Crippen molar-refractivity contribution in [3.63, 3.8) is 0 Å². The van der Waals surface area contributed by atoms with E-state index in [9.17, 15) is 0 Å². The summed E-state index contributed by atoms with van der Waals surface area (Å²) < 4.78 is 10.9. The van der Waals surface area contributed by atoms with Gasteiger partial charge in [0.05, 0.1) is 18.7 Å². The molecule has 1 aromatic carbocycles. The first-order valence-electron chi connectivity index (χ1n) is 5.40. The maximum atomic E-state index is 6.30. The van der Waals surface area contributed by atoms with Crippen molar-refractivity contribution < 1.29 is 9.47 Å². The van der Waals surface area contributed by atoms with Crippen molar-refractivity contribution >= 4 is 11.6 Å². The minimum absolute atomic E-state index is 0.0735. The summed E-state index contributed by atoms with van der Waals surface area (Å²) in [5.74, 6) is 1.62. The van der Waals surface area contributed by atoms with E-state index in [1.54, 1.807) is 7.11 Å². The van der Waals surface area contributed by atoms with Crippen LogP contribution in [0.1, 0.15) is 18.1 Å². The van der Waals surface area contributed by atoms with Crippen LogP contribution in [0.15, 0.2) is 6.07 Å². The lowest BCUT2D eigenvalue weighted by molar-refractivity contribution is 0.355. The number of hydrogen-bond acceptors (Lipinski definition) is 3. The molecule has 2 rings (SSSR count). The largest absolute Gasteiger partial charge is 0.495 e. The molecule has 0 aromatic heterocycles. The fourth-order valence-electron chi connectivity index (χ4n) is 2.04. The molecule has 16 heavy (non-hydrogen) atoms. The van der Waals surface area contributed by atoms with E-state index in [1.807, 2.05) is 13.0 Å². The van der Waals surface area contributed by atoms with Gasteiger partial charge in [-0.25, -0.2) is 0 Å². The van der Waals surface area contributed by atoms with E-state index in [2.05, 4.69) is 0 Å². The number of rotatable bonds is 3. The summed E-state index contributed by atoms with van der Waals surface area (Å²) in [6.07, 6.45) is 1.59. The first kappa shape index (κ1) is 11.6. The van der Waals surface area contributed by atoms with Gasteiger partial charge < -0.3 is 15.2 Å². The first-order chi connectivity index (χ1) is 7.63. The third kappa shape index (κ3) is 1.97. The van der Waals surface area contributed by atoms with E-state index in [1.165, 1.54) is 0 Å². The van der Waals surface area contributed by atoms with Gasteiger partial charge in [-0.1, -0.05) is 11.6 Å². The molecule has 0 aliphatic carbocycles. The SMILES string of the molecule is COc1c(CC(C)N)cc2c(c1Cl)CCO2. The van der Waals surface area contributed by atoms with Crippen LogP contribution in [0.25, 0.3) is 0 Å². The zero-order valence-electron chi connectivity index (χ0n) is 9.55. The third-order valence-electron chi connectivity index (χ3n) is 2.71. The Kier molecular flexibility index (Phi) is 3.26. The van der Waals surface area contributed by atoms with Gasteiger partial charge in [-0.15, -0.1) is 0 Å². The molecule has 4 heteroatoms. The molecule has 1 aromatic rings. The molecule has 1 unspecified atom stereocenters. The Morgan fingerprint density at radius 1 is 1.62 bits per heavy atom. The van der Waals surface area contributed by atoms with Crippen molar-refractivity contribution in [3.8, 4) is 11.5 Å². The molecule has 0 fully saturated rings. The number of benzene rings is 1. The number of ether oxygens (including phenoxy) is 2. The standard InChI is InChI=1S/C12H16ClNO2/c1-7(14)5-8-6-10-9(3-4-16-10)11(13)12(8)15-2/h6-7H,3-5,14H2,1-2H3. The van der Waals surface area contributed by atoms with Crippen molar-refractivity contribution in [1.29, 1.82) is 0 Å². The number of nitrogens with two attached hydrogens (primary N) is 1. The lowest BCUT2D eigenvalue weighted by Gasteiger charge is -2.14. The molecule has 88 valence electrons. The van der Waals surface area contributed by atoms with Crippen molar-refractivity contribution in [2.45, 2.75) is 25.8 Å². The number of halogens is 1. The molecule has 2 N–H and O–H groups in total. The molecule has 0 saturated heterocycles. The molecule has 1 aliphatic heterocycles. The zero-order valence-corrected chi connectivity index (χ0v) is 10.3. The zero-order chi connectivity index (χ0) is 11.7. The number of fused-ring (bicyclic) bond motifs is 1. The van der Waals surface area contributed by atoms with E-state index >= 15 is 0 Å². The van der Waals surface area contributed by atoms with Crippen LogP contribution in [0.4, 0.5) is 0 Å². The van der Waals surface area contributed by atoms with E-state index in [-0.39, 0.29) is 6.04 Å². The summed E-state index contributed by atoms with van der Waals surface area (Å²) >= 11 is 6.30. The Bertz CT molecular complexity index is 404. The Balaban J connectivity index is 2.48. The summed E-state index contributed by atoms with van der Waals surface area (Å²) in [4.78, 5) is 0. The average Bonchev–Trinajstić information content (AvgIpc) is 2.65. The smallest absolute Gasteiger partial charge is 0.141 e. The van der Waals surface area contributed by atoms with E-state index in [0.29, 0.717) is 11.6 Å². The fraction of sp³-hybridized carbons (Fsp3) is 0.500. The molecule has 1 atom stereocenters. The van der Waals surface area contributed by atoms with Crippen LogP contribution >= 0.6 is 11.6 Å². The van der Waals surface area contributed by atoms with Gasteiger partial charge in [0.25, 0.3) is 0 Å².